The molecular weight excluding hydrogens is 292 g/mol. The molecule has 114 valence electrons. The second-order valence-electron chi connectivity index (χ2n) is 5.44. The van der Waals surface area contributed by atoms with Crippen molar-refractivity contribution in [2.45, 2.75) is 6.92 Å². The van der Waals surface area contributed by atoms with Gasteiger partial charge in [0.05, 0.1) is 17.9 Å². The highest BCUT2D eigenvalue weighted by Gasteiger charge is 2.22. The molecule has 4 heteroatoms. The average molecular weight is 313 g/mol. The number of aromatic nitrogens is 1. The van der Waals surface area contributed by atoms with Crippen molar-refractivity contribution in [1.82, 2.24) is 0 Å². The highest BCUT2D eigenvalue weighted by atomic mass is 32.1. The number of anilines is 1. The molecule has 0 radical (unpaired) electrons. The summed E-state index contributed by atoms with van der Waals surface area (Å²) in [6.07, 6.45) is 0. The Kier molecular flexibility index (Phi) is 4.03. The van der Waals surface area contributed by atoms with E-state index < -0.39 is 0 Å². The predicted molar refractivity (Wildman–Crippen MR) is 93.9 cm³/mol. The highest BCUT2D eigenvalue weighted by Crippen LogP contribution is 2.35. The van der Waals surface area contributed by atoms with Gasteiger partial charge in [0.15, 0.2) is 0 Å². The van der Waals surface area contributed by atoms with Crippen LogP contribution in [-0.2, 0) is 7.05 Å². The minimum atomic E-state index is 0.694. The van der Waals surface area contributed by atoms with Crippen LogP contribution in [0.2, 0.25) is 0 Å². The van der Waals surface area contributed by atoms with Crippen molar-refractivity contribution in [1.29, 1.82) is 0 Å². The van der Waals surface area contributed by atoms with Gasteiger partial charge in [-0.15, -0.1) is 0 Å². The van der Waals surface area contributed by atoms with Crippen LogP contribution in [0.15, 0.2) is 42.5 Å². The Labute approximate surface area is 135 Å². The fourth-order valence-corrected chi connectivity index (χ4v) is 3.88. The van der Waals surface area contributed by atoms with Gasteiger partial charge >= 0.3 is 0 Å². The van der Waals surface area contributed by atoms with Crippen LogP contribution >= 0.6 is 11.3 Å². The van der Waals surface area contributed by atoms with Crippen LogP contribution in [0.4, 0.5) is 5.69 Å². The summed E-state index contributed by atoms with van der Waals surface area (Å²) < 4.78 is 9.13. The zero-order valence-electron chi connectivity index (χ0n) is 13.5. The van der Waals surface area contributed by atoms with Crippen molar-refractivity contribution < 1.29 is 9.30 Å². The molecule has 1 heterocycles. The Morgan fingerprint density at radius 2 is 1.91 bits per heavy atom. The molecule has 0 amide bonds. The lowest BCUT2D eigenvalue weighted by Gasteiger charge is -2.14. The summed E-state index contributed by atoms with van der Waals surface area (Å²) in [7, 11) is 6.29. The number of rotatable bonds is 4. The molecule has 0 atom stereocenters. The van der Waals surface area contributed by atoms with Gasteiger partial charge in [0.1, 0.15) is 17.5 Å². The van der Waals surface area contributed by atoms with Crippen molar-refractivity contribution in [3.05, 3.63) is 42.5 Å². The summed E-state index contributed by atoms with van der Waals surface area (Å²) in [6, 6.07) is 14.8. The van der Waals surface area contributed by atoms with Crippen molar-refractivity contribution in [2.24, 2.45) is 7.05 Å². The lowest BCUT2D eigenvalue weighted by Crippen LogP contribution is -2.28. The van der Waals surface area contributed by atoms with Crippen LogP contribution in [0.25, 0.3) is 20.8 Å². The van der Waals surface area contributed by atoms with Crippen molar-refractivity contribution in [3.63, 3.8) is 0 Å². The van der Waals surface area contributed by atoms with Crippen LogP contribution in [0.1, 0.15) is 6.92 Å². The number of nitrogens with zero attached hydrogens (tertiary/aromatic N) is 2. The van der Waals surface area contributed by atoms with E-state index >= 15 is 0 Å². The standard InChI is InChI=1S/C18H21N2OS/c1-5-21-13-10-11-16-17(12-13)22-18(20(16)4)14-8-6-7-9-15(14)19(2)3/h6-12H,5H2,1-4H3/q+1. The maximum absolute atomic E-state index is 5.62. The van der Waals surface area contributed by atoms with Crippen molar-refractivity contribution in [2.75, 3.05) is 25.6 Å². The molecule has 0 fully saturated rings. The molecule has 0 N–H and O–H groups in total. The summed E-state index contributed by atoms with van der Waals surface area (Å²) in [4.78, 5) is 2.16. The van der Waals surface area contributed by atoms with E-state index in [1.54, 1.807) is 11.3 Å². The molecule has 22 heavy (non-hydrogen) atoms. The van der Waals surface area contributed by atoms with Crippen LogP contribution in [0, 0.1) is 0 Å². The van der Waals surface area contributed by atoms with Crippen LogP contribution in [0.5, 0.6) is 5.75 Å². The largest absolute Gasteiger partial charge is 0.494 e. The molecule has 0 aliphatic heterocycles. The molecule has 0 saturated heterocycles. The van der Waals surface area contributed by atoms with Gasteiger partial charge in [-0.25, -0.2) is 0 Å². The molecule has 3 rings (SSSR count). The van der Waals surface area contributed by atoms with Gasteiger partial charge in [0.25, 0.3) is 5.01 Å². The summed E-state index contributed by atoms with van der Waals surface area (Å²) in [5, 5.41) is 1.26. The molecule has 0 unspecified atom stereocenters. The third kappa shape index (κ3) is 2.55. The van der Waals surface area contributed by atoms with E-state index in [1.165, 1.54) is 26.5 Å². The zero-order chi connectivity index (χ0) is 15.7. The summed E-state index contributed by atoms with van der Waals surface area (Å²) in [5.41, 5.74) is 3.72. The predicted octanol–water partition coefficient (Wildman–Crippen LogP) is 3.86. The molecular formula is C18H21N2OS+. The first-order chi connectivity index (χ1) is 10.6. The third-order valence-corrected chi connectivity index (χ3v) is 4.97. The minimum absolute atomic E-state index is 0.694. The Bertz CT molecular complexity index is 808. The van der Waals surface area contributed by atoms with E-state index in [4.69, 9.17) is 4.74 Å². The molecule has 0 spiro atoms. The number of aryl methyl sites for hydroxylation is 1. The summed E-state index contributed by atoms with van der Waals surface area (Å²) in [6.45, 7) is 2.71. The molecule has 0 aliphatic carbocycles. The quantitative estimate of drug-likeness (QED) is 0.680. The fourth-order valence-electron chi connectivity index (χ4n) is 2.67. The lowest BCUT2D eigenvalue weighted by atomic mass is 10.1. The second kappa shape index (κ2) is 5.97. The van der Waals surface area contributed by atoms with E-state index in [0.29, 0.717) is 6.61 Å². The topological polar surface area (TPSA) is 16.4 Å². The van der Waals surface area contributed by atoms with E-state index in [-0.39, 0.29) is 0 Å². The maximum atomic E-state index is 5.62. The third-order valence-electron chi connectivity index (χ3n) is 3.73. The van der Waals surface area contributed by atoms with Crippen LogP contribution in [0.3, 0.4) is 0 Å². The van der Waals surface area contributed by atoms with Crippen molar-refractivity contribution >= 4 is 27.2 Å². The second-order valence-corrected chi connectivity index (χ2v) is 6.47. The molecule has 0 aliphatic rings. The molecule has 2 aromatic carbocycles. The number of ether oxygens (including phenoxy) is 1. The first kappa shape index (κ1) is 14.9. The van der Waals surface area contributed by atoms with Gasteiger partial charge in [-0.05, 0) is 25.1 Å². The van der Waals surface area contributed by atoms with E-state index in [9.17, 15) is 0 Å². The van der Waals surface area contributed by atoms with Gasteiger partial charge in [0.2, 0.25) is 5.52 Å². The fraction of sp³-hybridized carbons (Fsp3) is 0.278. The van der Waals surface area contributed by atoms with Gasteiger partial charge in [-0.3, -0.25) is 0 Å². The molecule has 3 nitrogen and oxygen atoms in total. The summed E-state index contributed by atoms with van der Waals surface area (Å²) >= 11 is 1.80. The van der Waals surface area contributed by atoms with E-state index in [1.807, 2.05) is 13.0 Å². The van der Waals surface area contributed by atoms with Crippen LogP contribution in [-0.4, -0.2) is 20.7 Å². The SMILES string of the molecule is CCOc1ccc2c(c1)sc(-c1ccccc1N(C)C)[n+]2C. The van der Waals surface area contributed by atoms with Crippen molar-refractivity contribution in [3.8, 4) is 16.3 Å². The minimum Gasteiger partial charge on any atom is -0.494 e. The number of thiazole rings is 1. The van der Waals surface area contributed by atoms with Gasteiger partial charge in [-0.1, -0.05) is 23.5 Å². The number of hydrogen-bond donors (Lipinski definition) is 0. The number of hydrogen-bond acceptors (Lipinski definition) is 3. The first-order valence-corrected chi connectivity index (χ1v) is 8.25. The Morgan fingerprint density at radius 3 is 2.64 bits per heavy atom. The molecule has 0 saturated carbocycles. The maximum Gasteiger partial charge on any atom is 0.271 e. The molecule has 3 aromatic rings. The van der Waals surface area contributed by atoms with Gasteiger partial charge in [-0.2, -0.15) is 4.57 Å². The number of benzene rings is 2. The molecule has 0 bridgehead atoms. The van der Waals surface area contributed by atoms with E-state index in [2.05, 4.69) is 67.0 Å². The smallest absolute Gasteiger partial charge is 0.271 e. The first-order valence-electron chi connectivity index (χ1n) is 7.44. The Balaban J connectivity index is 2.18. The monoisotopic (exact) mass is 313 g/mol. The highest BCUT2D eigenvalue weighted by molar-refractivity contribution is 7.21. The molecule has 1 aromatic heterocycles. The normalized spacial score (nSPS) is 10.9. The Hall–Kier alpha value is -2.07. The van der Waals surface area contributed by atoms with Gasteiger partial charge < -0.3 is 9.64 Å². The Morgan fingerprint density at radius 1 is 1.14 bits per heavy atom. The van der Waals surface area contributed by atoms with Gasteiger partial charge in [0, 0.05) is 26.2 Å². The number of para-hydroxylation sites is 1. The number of fused-ring (bicyclic) bond motifs is 1. The summed E-state index contributed by atoms with van der Waals surface area (Å²) in [5.74, 6) is 0.935. The lowest BCUT2D eigenvalue weighted by molar-refractivity contribution is -0.629. The average Bonchev–Trinajstić information content (AvgIpc) is 2.84. The van der Waals surface area contributed by atoms with E-state index in [0.717, 1.165) is 5.75 Å². The zero-order valence-corrected chi connectivity index (χ0v) is 14.3. The van der Waals surface area contributed by atoms with Crippen LogP contribution < -0.4 is 14.2 Å².